The first kappa shape index (κ1) is 19.4. The molecule has 4 bridgehead atoms. The quantitative estimate of drug-likeness (QED) is 0.616. The normalized spacial score (nSPS) is 38.4. The molecule has 4 saturated carbocycles. The van der Waals surface area contributed by atoms with E-state index in [-0.39, 0.29) is 15.2 Å². The first-order chi connectivity index (χ1) is 13.4. The van der Waals surface area contributed by atoms with Gasteiger partial charge in [-0.15, -0.1) is 0 Å². The van der Waals surface area contributed by atoms with Gasteiger partial charge < -0.3 is 10.1 Å². The Morgan fingerprint density at radius 3 is 2.54 bits per heavy atom. The molecule has 6 rings (SSSR count). The Hall–Kier alpha value is -0.580. The van der Waals surface area contributed by atoms with Crippen LogP contribution in [0.2, 0.25) is 5.02 Å². The fourth-order valence-corrected chi connectivity index (χ4v) is 8.64. The number of amides is 1. The van der Waals surface area contributed by atoms with Crippen molar-refractivity contribution in [3.63, 3.8) is 0 Å². The second-order valence-corrected chi connectivity index (χ2v) is 12.1. The number of halogens is 2. The van der Waals surface area contributed by atoms with Crippen molar-refractivity contribution in [2.45, 2.75) is 61.1 Å². The third kappa shape index (κ3) is 3.33. The summed E-state index contributed by atoms with van der Waals surface area (Å²) in [7, 11) is 0. The van der Waals surface area contributed by atoms with Crippen molar-refractivity contribution in [1.29, 1.82) is 0 Å². The van der Waals surface area contributed by atoms with Gasteiger partial charge in [0.25, 0.3) is 0 Å². The average molecular weight is 467 g/mol. The monoisotopic (exact) mass is 465 g/mol. The molecule has 152 valence electrons. The highest BCUT2D eigenvalue weighted by molar-refractivity contribution is 9.10. The zero-order chi connectivity index (χ0) is 19.4. The van der Waals surface area contributed by atoms with Crippen LogP contribution in [0.5, 0.6) is 0 Å². The van der Waals surface area contributed by atoms with E-state index in [1.165, 1.54) is 24.8 Å². The Morgan fingerprint density at radius 2 is 1.89 bits per heavy atom. The molecule has 4 aliphatic carbocycles. The van der Waals surface area contributed by atoms with Crippen molar-refractivity contribution in [2.24, 2.45) is 17.3 Å². The molecule has 2 unspecified atom stereocenters. The van der Waals surface area contributed by atoms with Gasteiger partial charge in [-0.05, 0) is 80.9 Å². The molecule has 1 heterocycles. The van der Waals surface area contributed by atoms with Gasteiger partial charge in [-0.3, -0.25) is 4.79 Å². The average Bonchev–Trinajstić information content (AvgIpc) is 2.65. The van der Waals surface area contributed by atoms with Crippen LogP contribution in [0.3, 0.4) is 0 Å². The van der Waals surface area contributed by atoms with Gasteiger partial charge in [0, 0.05) is 34.5 Å². The van der Waals surface area contributed by atoms with Crippen molar-refractivity contribution >= 4 is 33.4 Å². The van der Waals surface area contributed by atoms with E-state index >= 15 is 0 Å². The van der Waals surface area contributed by atoms with Crippen molar-refractivity contribution in [3.8, 4) is 0 Å². The summed E-state index contributed by atoms with van der Waals surface area (Å²) < 4.78 is 5.85. The number of nitrogens with one attached hydrogen (secondary N) is 1. The molecule has 1 saturated heterocycles. The van der Waals surface area contributed by atoms with Crippen LogP contribution in [0, 0.1) is 17.3 Å². The fourth-order valence-electron chi connectivity index (χ4n) is 7.00. The van der Waals surface area contributed by atoms with Gasteiger partial charge in [-0.25, -0.2) is 0 Å². The van der Waals surface area contributed by atoms with Crippen LogP contribution >= 0.6 is 27.5 Å². The predicted molar refractivity (Wildman–Crippen MR) is 115 cm³/mol. The molecule has 1 aromatic carbocycles. The van der Waals surface area contributed by atoms with Crippen LogP contribution in [0.15, 0.2) is 24.3 Å². The number of benzene rings is 1. The lowest BCUT2D eigenvalue weighted by molar-refractivity contribution is -0.144. The summed E-state index contributed by atoms with van der Waals surface area (Å²) in [5.74, 6) is 1.73. The molecular weight excluding hydrogens is 438 g/mol. The SMILES string of the molecule is O=C(NCC1(c2cccc(Cl)c2)CCOCC1)C12CC3CC(CC(Br)(C3)C1)C2. The Labute approximate surface area is 181 Å². The summed E-state index contributed by atoms with van der Waals surface area (Å²) in [6.45, 7) is 2.16. The van der Waals surface area contributed by atoms with Gasteiger partial charge in [-0.2, -0.15) is 0 Å². The van der Waals surface area contributed by atoms with Crippen molar-refractivity contribution in [2.75, 3.05) is 19.8 Å². The number of rotatable bonds is 4. The minimum Gasteiger partial charge on any atom is -0.381 e. The maximum atomic E-state index is 13.5. The summed E-state index contributed by atoms with van der Waals surface area (Å²) in [4.78, 5) is 13.5. The maximum Gasteiger partial charge on any atom is 0.226 e. The zero-order valence-corrected chi connectivity index (χ0v) is 18.7. The smallest absolute Gasteiger partial charge is 0.226 e. The number of carbonyl (C=O) groups is 1. The van der Waals surface area contributed by atoms with Crippen LogP contribution in [0.4, 0.5) is 0 Å². The predicted octanol–water partition coefficient (Wildman–Crippen LogP) is 5.24. The molecule has 28 heavy (non-hydrogen) atoms. The molecule has 1 aromatic rings. The second kappa shape index (κ2) is 6.99. The van der Waals surface area contributed by atoms with Crippen LogP contribution in [-0.2, 0) is 14.9 Å². The Morgan fingerprint density at radius 1 is 1.18 bits per heavy atom. The van der Waals surface area contributed by atoms with E-state index in [1.54, 1.807) is 0 Å². The summed E-state index contributed by atoms with van der Waals surface area (Å²) in [6.07, 6.45) is 8.84. The highest BCUT2D eigenvalue weighted by Gasteiger charge is 2.59. The second-order valence-electron chi connectivity index (χ2n) is 9.98. The van der Waals surface area contributed by atoms with Crippen LogP contribution in [-0.4, -0.2) is 30.0 Å². The van der Waals surface area contributed by atoms with Gasteiger partial charge in [0.2, 0.25) is 5.91 Å². The third-order valence-corrected chi connectivity index (χ3v) is 9.11. The number of ether oxygens (including phenoxy) is 1. The summed E-state index contributed by atoms with van der Waals surface area (Å²) in [5.41, 5.74) is 0.993. The Bertz CT molecular complexity index is 762. The van der Waals surface area contributed by atoms with Gasteiger partial charge in [-0.1, -0.05) is 39.7 Å². The van der Waals surface area contributed by atoms with E-state index in [1.807, 2.05) is 12.1 Å². The molecule has 1 amide bonds. The van der Waals surface area contributed by atoms with Gasteiger partial charge in [0.1, 0.15) is 0 Å². The standard InChI is InChI=1S/C23H29BrClNO2/c24-23-12-16-8-17(13-23)11-22(10-16,14-23)20(27)26-15-21(4-6-28-7-5-21)18-2-1-3-19(25)9-18/h1-3,9,16-17H,4-8,10-15H2,(H,26,27). The van der Waals surface area contributed by atoms with E-state index in [0.29, 0.717) is 12.5 Å². The molecule has 5 heteroatoms. The Balaban J connectivity index is 1.36. The first-order valence-corrected chi connectivity index (χ1v) is 11.9. The topological polar surface area (TPSA) is 38.3 Å². The lowest BCUT2D eigenvalue weighted by Gasteiger charge is -2.59. The van der Waals surface area contributed by atoms with Crippen molar-refractivity contribution in [1.82, 2.24) is 5.32 Å². The van der Waals surface area contributed by atoms with Crippen molar-refractivity contribution < 1.29 is 9.53 Å². The maximum absolute atomic E-state index is 13.5. The molecule has 0 spiro atoms. The molecule has 5 fully saturated rings. The Kier molecular flexibility index (Phi) is 4.84. The minimum atomic E-state index is -0.158. The number of hydrogen-bond donors (Lipinski definition) is 1. The summed E-state index contributed by atoms with van der Waals surface area (Å²) in [5, 5.41) is 4.19. The zero-order valence-electron chi connectivity index (χ0n) is 16.3. The van der Waals surface area contributed by atoms with Crippen LogP contribution in [0.1, 0.15) is 56.9 Å². The van der Waals surface area contributed by atoms with E-state index in [2.05, 4.69) is 33.4 Å². The van der Waals surface area contributed by atoms with E-state index < -0.39 is 0 Å². The minimum absolute atomic E-state index is 0.0762. The first-order valence-electron chi connectivity index (χ1n) is 10.7. The van der Waals surface area contributed by atoms with Crippen molar-refractivity contribution in [3.05, 3.63) is 34.9 Å². The van der Waals surface area contributed by atoms with Gasteiger partial charge >= 0.3 is 0 Å². The molecule has 1 aliphatic heterocycles. The van der Waals surface area contributed by atoms with Gasteiger partial charge in [0.05, 0.1) is 5.41 Å². The number of hydrogen-bond acceptors (Lipinski definition) is 2. The van der Waals surface area contributed by atoms with Gasteiger partial charge in [0.15, 0.2) is 0 Å². The molecular formula is C23H29BrClNO2. The molecule has 1 N–H and O–H groups in total. The third-order valence-electron chi connectivity index (χ3n) is 7.95. The summed E-state index contributed by atoms with van der Waals surface area (Å²) >= 11 is 10.3. The number of alkyl halides is 1. The van der Waals surface area contributed by atoms with Crippen LogP contribution < -0.4 is 5.32 Å². The lowest BCUT2D eigenvalue weighted by Crippen LogP contribution is -2.59. The molecule has 5 aliphatic rings. The molecule has 3 nitrogen and oxygen atoms in total. The molecule has 0 radical (unpaired) electrons. The molecule has 0 aromatic heterocycles. The molecule has 2 atom stereocenters. The summed E-state index contributed by atoms with van der Waals surface area (Å²) in [6, 6.07) is 8.16. The van der Waals surface area contributed by atoms with Crippen LogP contribution in [0.25, 0.3) is 0 Å². The van der Waals surface area contributed by atoms with E-state index in [0.717, 1.165) is 62.2 Å². The lowest BCUT2D eigenvalue weighted by atomic mass is 9.49. The van der Waals surface area contributed by atoms with E-state index in [9.17, 15) is 4.79 Å². The van der Waals surface area contributed by atoms with E-state index in [4.69, 9.17) is 16.3 Å². The number of carbonyl (C=O) groups excluding carboxylic acids is 1. The highest BCUT2D eigenvalue weighted by Crippen LogP contribution is 2.64. The highest BCUT2D eigenvalue weighted by atomic mass is 79.9. The largest absolute Gasteiger partial charge is 0.381 e. The fraction of sp³-hybridized carbons (Fsp3) is 0.696.